The lowest BCUT2D eigenvalue weighted by Gasteiger charge is -2.32. The molecule has 2 aromatic carbocycles. The molecule has 0 aromatic heterocycles. The normalized spacial score (nSPS) is 17.1. The molecule has 2 aromatic rings. The molecule has 29 heavy (non-hydrogen) atoms. The number of hydrogen-bond donors (Lipinski definition) is 1. The number of piperidine rings is 1. The molecule has 0 saturated carbocycles. The third kappa shape index (κ3) is 6.48. The molecule has 1 atom stereocenters. The van der Waals surface area contributed by atoms with Gasteiger partial charge in [0, 0.05) is 24.7 Å². The number of nitrogens with zero attached hydrogens (tertiary/aromatic N) is 1. The lowest BCUT2D eigenvalue weighted by molar-refractivity contribution is -0.126. The Balaban J connectivity index is 1.43. The quantitative estimate of drug-likeness (QED) is 0.604. The summed E-state index contributed by atoms with van der Waals surface area (Å²) in [4.78, 5) is 15.0. The molecule has 1 N–H and O–H groups in total. The van der Waals surface area contributed by atoms with E-state index in [9.17, 15) is 4.79 Å². The van der Waals surface area contributed by atoms with Gasteiger partial charge in [0.15, 0.2) is 0 Å². The summed E-state index contributed by atoms with van der Waals surface area (Å²) in [6, 6.07) is 16.1. The summed E-state index contributed by atoms with van der Waals surface area (Å²) in [6.45, 7) is 5.97. The SMILES string of the molecule is CCOc1ccccc1CCCNC(=O)[C@H]1CCCN(Cc2ccccc2Cl)C1. The molecule has 0 aliphatic carbocycles. The van der Waals surface area contributed by atoms with Crippen LogP contribution >= 0.6 is 11.6 Å². The van der Waals surface area contributed by atoms with E-state index in [1.54, 1.807) is 0 Å². The van der Waals surface area contributed by atoms with Crippen LogP contribution in [-0.2, 0) is 17.8 Å². The van der Waals surface area contributed by atoms with Gasteiger partial charge in [0.25, 0.3) is 0 Å². The molecular weight excluding hydrogens is 384 g/mol. The maximum atomic E-state index is 12.7. The highest BCUT2D eigenvalue weighted by atomic mass is 35.5. The highest BCUT2D eigenvalue weighted by molar-refractivity contribution is 6.31. The van der Waals surface area contributed by atoms with Crippen molar-refractivity contribution < 1.29 is 9.53 Å². The molecule has 1 heterocycles. The molecule has 3 rings (SSSR count). The second-order valence-corrected chi connectivity index (χ2v) is 8.01. The fourth-order valence-electron chi connectivity index (χ4n) is 3.92. The van der Waals surface area contributed by atoms with Gasteiger partial charge in [0.05, 0.1) is 12.5 Å². The number of para-hydroxylation sites is 1. The van der Waals surface area contributed by atoms with Gasteiger partial charge in [0.1, 0.15) is 5.75 Å². The number of hydrogen-bond acceptors (Lipinski definition) is 3. The largest absolute Gasteiger partial charge is 0.494 e. The number of rotatable bonds is 9. The first-order chi connectivity index (χ1) is 14.2. The predicted molar refractivity (Wildman–Crippen MR) is 118 cm³/mol. The lowest BCUT2D eigenvalue weighted by atomic mass is 9.96. The fraction of sp³-hybridized carbons (Fsp3) is 0.458. The Morgan fingerprint density at radius 3 is 2.72 bits per heavy atom. The van der Waals surface area contributed by atoms with Crippen LogP contribution in [0.3, 0.4) is 0 Å². The molecule has 156 valence electrons. The van der Waals surface area contributed by atoms with Crippen molar-refractivity contribution in [1.82, 2.24) is 10.2 Å². The van der Waals surface area contributed by atoms with E-state index >= 15 is 0 Å². The number of amides is 1. The third-order valence-electron chi connectivity index (χ3n) is 5.42. The Bertz CT molecular complexity index is 796. The van der Waals surface area contributed by atoms with E-state index in [1.165, 1.54) is 5.56 Å². The molecule has 0 unspecified atom stereocenters. The molecule has 4 nitrogen and oxygen atoms in total. The third-order valence-corrected chi connectivity index (χ3v) is 5.79. The second-order valence-electron chi connectivity index (χ2n) is 7.60. The zero-order valence-electron chi connectivity index (χ0n) is 17.2. The van der Waals surface area contributed by atoms with Gasteiger partial charge < -0.3 is 10.1 Å². The summed E-state index contributed by atoms with van der Waals surface area (Å²) in [6.07, 6.45) is 3.81. The minimum atomic E-state index is 0.0574. The molecule has 0 bridgehead atoms. The minimum absolute atomic E-state index is 0.0574. The lowest BCUT2D eigenvalue weighted by Crippen LogP contribution is -2.43. The van der Waals surface area contributed by atoms with Crippen molar-refractivity contribution in [2.24, 2.45) is 5.92 Å². The van der Waals surface area contributed by atoms with E-state index in [-0.39, 0.29) is 11.8 Å². The van der Waals surface area contributed by atoms with Crippen molar-refractivity contribution in [3.63, 3.8) is 0 Å². The van der Waals surface area contributed by atoms with E-state index in [0.29, 0.717) is 13.2 Å². The zero-order chi connectivity index (χ0) is 20.5. The number of likely N-dealkylation sites (tertiary alicyclic amines) is 1. The summed E-state index contributed by atoms with van der Waals surface area (Å²) in [5.74, 6) is 1.18. The molecule has 1 saturated heterocycles. The average molecular weight is 415 g/mol. The van der Waals surface area contributed by atoms with Gasteiger partial charge in [-0.3, -0.25) is 9.69 Å². The number of halogens is 1. The minimum Gasteiger partial charge on any atom is -0.494 e. The first-order valence-electron chi connectivity index (χ1n) is 10.6. The number of aryl methyl sites for hydroxylation is 1. The van der Waals surface area contributed by atoms with Gasteiger partial charge in [-0.05, 0) is 62.4 Å². The van der Waals surface area contributed by atoms with Gasteiger partial charge in [-0.1, -0.05) is 48.0 Å². The summed E-state index contributed by atoms with van der Waals surface area (Å²) >= 11 is 6.29. The standard InChI is InChI=1S/C24H31ClN2O2/c1-2-29-23-14-6-4-9-19(23)11-7-15-26-24(28)21-12-8-16-27(18-21)17-20-10-3-5-13-22(20)25/h3-6,9-10,13-14,21H,2,7-8,11-12,15-18H2,1H3,(H,26,28)/t21-/m0/s1. The second kappa shape index (κ2) is 11.2. The van der Waals surface area contributed by atoms with Crippen LogP contribution in [0.5, 0.6) is 5.75 Å². The van der Waals surface area contributed by atoms with Crippen LogP contribution in [-0.4, -0.2) is 37.0 Å². The van der Waals surface area contributed by atoms with E-state index in [2.05, 4.69) is 22.3 Å². The molecular formula is C24H31ClN2O2. The van der Waals surface area contributed by atoms with Crippen molar-refractivity contribution >= 4 is 17.5 Å². The van der Waals surface area contributed by atoms with Gasteiger partial charge in [-0.2, -0.15) is 0 Å². The molecule has 1 fully saturated rings. The first kappa shape index (κ1) is 21.7. The summed E-state index contributed by atoms with van der Waals surface area (Å²) in [7, 11) is 0. The Hall–Kier alpha value is -2.04. The number of nitrogens with one attached hydrogen (secondary N) is 1. The smallest absolute Gasteiger partial charge is 0.224 e. The number of carbonyl (C=O) groups is 1. The molecule has 1 aliphatic heterocycles. The fourth-order valence-corrected chi connectivity index (χ4v) is 4.12. The maximum absolute atomic E-state index is 12.7. The van der Waals surface area contributed by atoms with Crippen LogP contribution in [0.25, 0.3) is 0 Å². The van der Waals surface area contributed by atoms with Crippen LogP contribution < -0.4 is 10.1 Å². The van der Waals surface area contributed by atoms with Gasteiger partial charge >= 0.3 is 0 Å². The Kier molecular flexibility index (Phi) is 8.38. The highest BCUT2D eigenvalue weighted by Gasteiger charge is 2.25. The maximum Gasteiger partial charge on any atom is 0.224 e. The van der Waals surface area contributed by atoms with Crippen LogP contribution in [0, 0.1) is 5.92 Å². The summed E-state index contributed by atoms with van der Waals surface area (Å²) in [5.41, 5.74) is 2.33. The highest BCUT2D eigenvalue weighted by Crippen LogP contribution is 2.22. The van der Waals surface area contributed by atoms with Crippen LogP contribution in [0.15, 0.2) is 48.5 Å². The van der Waals surface area contributed by atoms with Gasteiger partial charge in [-0.25, -0.2) is 0 Å². The van der Waals surface area contributed by atoms with Crippen LogP contribution in [0.1, 0.15) is 37.3 Å². The predicted octanol–water partition coefficient (Wildman–Crippen LogP) is 4.70. The zero-order valence-corrected chi connectivity index (χ0v) is 18.0. The monoisotopic (exact) mass is 414 g/mol. The van der Waals surface area contributed by atoms with Crippen molar-refractivity contribution in [3.05, 3.63) is 64.7 Å². The van der Waals surface area contributed by atoms with Crippen LogP contribution in [0.2, 0.25) is 5.02 Å². The first-order valence-corrected chi connectivity index (χ1v) is 11.0. The molecule has 0 radical (unpaired) electrons. The topological polar surface area (TPSA) is 41.6 Å². The van der Waals surface area contributed by atoms with Crippen molar-refractivity contribution in [2.45, 2.75) is 39.2 Å². The van der Waals surface area contributed by atoms with Gasteiger partial charge in [0.2, 0.25) is 5.91 Å². The van der Waals surface area contributed by atoms with Crippen molar-refractivity contribution in [1.29, 1.82) is 0 Å². The number of benzene rings is 2. The molecule has 1 aliphatic rings. The van der Waals surface area contributed by atoms with E-state index in [0.717, 1.165) is 61.7 Å². The molecule has 1 amide bonds. The molecule has 0 spiro atoms. The Morgan fingerprint density at radius 1 is 1.17 bits per heavy atom. The van der Waals surface area contributed by atoms with E-state index in [1.807, 2.05) is 43.3 Å². The average Bonchev–Trinajstić information content (AvgIpc) is 2.74. The van der Waals surface area contributed by atoms with Crippen molar-refractivity contribution in [2.75, 3.05) is 26.2 Å². The van der Waals surface area contributed by atoms with Gasteiger partial charge in [-0.15, -0.1) is 0 Å². The Labute approximate surface area is 179 Å². The number of carbonyl (C=O) groups excluding carboxylic acids is 1. The number of ether oxygens (including phenoxy) is 1. The van der Waals surface area contributed by atoms with Crippen LogP contribution in [0.4, 0.5) is 0 Å². The summed E-state index contributed by atoms with van der Waals surface area (Å²) in [5, 5.41) is 3.94. The molecule has 5 heteroatoms. The van der Waals surface area contributed by atoms with E-state index < -0.39 is 0 Å². The Morgan fingerprint density at radius 2 is 1.93 bits per heavy atom. The summed E-state index contributed by atoms with van der Waals surface area (Å²) < 4.78 is 5.68. The van der Waals surface area contributed by atoms with E-state index in [4.69, 9.17) is 16.3 Å². The van der Waals surface area contributed by atoms with Crippen molar-refractivity contribution in [3.8, 4) is 5.75 Å².